The lowest BCUT2D eigenvalue weighted by Gasteiger charge is -2.22. The minimum atomic E-state index is -3.90. The second-order valence-corrected chi connectivity index (χ2v) is 8.26. The van der Waals surface area contributed by atoms with Gasteiger partial charge in [-0.25, -0.2) is 13.2 Å². The summed E-state index contributed by atoms with van der Waals surface area (Å²) in [6, 6.07) is 6.53. The zero-order valence-electron chi connectivity index (χ0n) is 13.9. The summed E-state index contributed by atoms with van der Waals surface area (Å²) in [5.74, 6) is -1.67. The van der Waals surface area contributed by atoms with E-state index >= 15 is 0 Å². The summed E-state index contributed by atoms with van der Waals surface area (Å²) in [7, 11) is -3.90. The maximum atomic E-state index is 12.4. The van der Waals surface area contributed by atoms with Crippen molar-refractivity contribution in [2.75, 3.05) is 18.6 Å². The molecule has 4 N–H and O–H groups in total. The van der Waals surface area contributed by atoms with E-state index in [1.165, 1.54) is 23.9 Å². The molecule has 0 fully saturated rings. The molecule has 0 aromatic heterocycles. The van der Waals surface area contributed by atoms with Gasteiger partial charge < -0.3 is 15.5 Å². The highest BCUT2D eigenvalue weighted by atomic mass is 32.2. The van der Waals surface area contributed by atoms with Gasteiger partial charge in [-0.2, -0.15) is 16.5 Å². The number of carbonyl (C=O) groups excluding carboxylic acids is 1. The molecule has 0 saturated heterocycles. The SMILES string of the molecule is CSCCC(NS(=O)(=O)c1ccccc1)C(=O)NCC(C)(O)C(=O)O. The summed E-state index contributed by atoms with van der Waals surface area (Å²) in [5.41, 5.74) is -2.14. The van der Waals surface area contributed by atoms with E-state index in [9.17, 15) is 23.1 Å². The van der Waals surface area contributed by atoms with Crippen LogP contribution in [0, 0.1) is 0 Å². The standard InChI is InChI=1S/C15H22N2O6S2/c1-15(21,14(19)20)10-16-13(18)12(8-9-24-2)17-25(22,23)11-6-4-3-5-7-11/h3-7,12,17,21H,8-10H2,1-2H3,(H,16,18)(H,19,20). The number of hydrogen-bond acceptors (Lipinski definition) is 6. The molecule has 25 heavy (non-hydrogen) atoms. The Hall–Kier alpha value is -1.62. The molecule has 1 aromatic rings. The van der Waals surface area contributed by atoms with Gasteiger partial charge in [-0.05, 0) is 37.5 Å². The van der Waals surface area contributed by atoms with Crippen molar-refractivity contribution < 1.29 is 28.2 Å². The van der Waals surface area contributed by atoms with Crippen LogP contribution in [0.1, 0.15) is 13.3 Å². The zero-order valence-corrected chi connectivity index (χ0v) is 15.6. The fourth-order valence-corrected chi connectivity index (χ4v) is 3.51. The summed E-state index contributed by atoms with van der Waals surface area (Å²) in [4.78, 5) is 23.2. The Balaban J connectivity index is 2.86. The zero-order chi connectivity index (χ0) is 19.1. The van der Waals surface area contributed by atoms with E-state index in [1.807, 2.05) is 6.26 Å². The van der Waals surface area contributed by atoms with Crippen LogP contribution in [0.5, 0.6) is 0 Å². The molecule has 1 amide bonds. The Morgan fingerprint density at radius 1 is 1.28 bits per heavy atom. The predicted molar refractivity (Wildman–Crippen MR) is 94.8 cm³/mol. The van der Waals surface area contributed by atoms with Gasteiger partial charge in [0.1, 0.15) is 6.04 Å². The Labute approximate surface area is 151 Å². The maximum absolute atomic E-state index is 12.4. The first kappa shape index (κ1) is 21.4. The molecule has 140 valence electrons. The van der Waals surface area contributed by atoms with Crippen molar-refractivity contribution in [3.8, 4) is 0 Å². The van der Waals surface area contributed by atoms with Crippen molar-refractivity contribution in [3.05, 3.63) is 30.3 Å². The molecule has 0 radical (unpaired) electrons. The molecule has 2 atom stereocenters. The first-order chi connectivity index (χ1) is 11.6. The van der Waals surface area contributed by atoms with Gasteiger partial charge in [0.2, 0.25) is 15.9 Å². The second kappa shape index (κ2) is 9.18. The smallest absolute Gasteiger partial charge is 0.337 e. The molecule has 0 heterocycles. The number of nitrogens with one attached hydrogen (secondary N) is 2. The van der Waals surface area contributed by atoms with Gasteiger partial charge >= 0.3 is 5.97 Å². The van der Waals surface area contributed by atoms with Gasteiger partial charge in [0.05, 0.1) is 11.4 Å². The van der Waals surface area contributed by atoms with Gasteiger partial charge in [-0.15, -0.1) is 0 Å². The molecular formula is C15H22N2O6S2. The number of carboxylic acids is 1. The van der Waals surface area contributed by atoms with Gasteiger partial charge in [-0.1, -0.05) is 18.2 Å². The molecule has 1 aromatic carbocycles. The number of hydrogen-bond donors (Lipinski definition) is 4. The Morgan fingerprint density at radius 2 is 1.88 bits per heavy atom. The van der Waals surface area contributed by atoms with Crippen molar-refractivity contribution in [1.29, 1.82) is 0 Å². The van der Waals surface area contributed by atoms with Crippen molar-refractivity contribution in [1.82, 2.24) is 10.0 Å². The monoisotopic (exact) mass is 390 g/mol. The number of amides is 1. The van der Waals surface area contributed by atoms with Crippen molar-refractivity contribution in [3.63, 3.8) is 0 Å². The fourth-order valence-electron chi connectivity index (χ4n) is 1.79. The molecule has 0 bridgehead atoms. The highest BCUT2D eigenvalue weighted by Crippen LogP contribution is 2.11. The topological polar surface area (TPSA) is 133 Å². The number of aliphatic carboxylic acids is 1. The molecule has 1 rings (SSSR count). The normalized spacial score (nSPS) is 15.2. The molecule has 2 unspecified atom stereocenters. The van der Waals surface area contributed by atoms with E-state index in [2.05, 4.69) is 10.0 Å². The summed E-state index contributed by atoms with van der Waals surface area (Å²) in [6.07, 6.45) is 2.03. The van der Waals surface area contributed by atoms with E-state index in [4.69, 9.17) is 5.11 Å². The average Bonchev–Trinajstić information content (AvgIpc) is 2.57. The van der Waals surface area contributed by atoms with Crippen LogP contribution in [-0.2, 0) is 19.6 Å². The Kier molecular flexibility index (Phi) is 7.87. The molecule has 0 aliphatic carbocycles. The molecular weight excluding hydrogens is 368 g/mol. The average molecular weight is 390 g/mol. The molecule has 10 heteroatoms. The predicted octanol–water partition coefficient (Wildman–Crippen LogP) is 0.0384. The number of rotatable bonds is 10. The summed E-state index contributed by atoms with van der Waals surface area (Å²) in [5, 5.41) is 20.8. The molecule has 0 aliphatic rings. The van der Waals surface area contributed by atoms with Crippen LogP contribution in [0.15, 0.2) is 35.2 Å². The number of aliphatic hydroxyl groups is 1. The quantitative estimate of drug-likeness (QED) is 0.443. The van der Waals surface area contributed by atoms with E-state index in [-0.39, 0.29) is 11.3 Å². The number of carbonyl (C=O) groups is 2. The Bertz CT molecular complexity index is 691. The second-order valence-electron chi connectivity index (χ2n) is 5.57. The van der Waals surface area contributed by atoms with Crippen LogP contribution in [0.4, 0.5) is 0 Å². The highest BCUT2D eigenvalue weighted by Gasteiger charge is 2.32. The van der Waals surface area contributed by atoms with Crippen LogP contribution >= 0.6 is 11.8 Å². The van der Waals surface area contributed by atoms with Crippen molar-refractivity contribution in [2.24, 2.45) is 0 Å². The first-order valence-electron chi connectivity index (χ1n) is 7.40. The Morgan fingerprint density at radius 3 is 2.40 bits per heavy atom. The van der Waals surface area contributed by atoms with Crippen LogP contribution in [-0.4, -0.2) is 60.7 Å². The number of carboxylic acid groups (broad SMARTS) is 1. The minimum absolute atomic E-state index is 0.0227. The number of benzene rings is 1. The highest BCUT2D eigenvalue weighted by molar-refractivity contribution is 7.98. The lowest BCUT2D eigenvalue weighted by molar-refractivity contribution is -0.156. The van der Waals surface area contributed by atoms with Gasteiger partial charge in [0.15, 0.2) is 5.60 Å². The van der Waals surface area contributed by atoms with Crippen molar-refractivity contribution >= 4 is 33.7 Å². The van der Waals surface area contributed by atoms with Crippen LogP contribution in [0.3, 0.4) is 0 Å². The van der Waals surface area contributed by atoms with E-state index in [0.29, 0.717) is 5.75 Å². The third-order valence-corrected chi connectivity index (χ3v) is 5.48. The summed E-state index contributed by atoms with van der Waals surface area (Å²) in [6.45, 7) is 0.505. The van der Waals surface area contributed by atoms with E-state index < -0.39 is 40.1 Å². The fraction of sp³-hybridized carbons (Fsp3) is 0.467. The largest absolute Gasteiger partial charge is 0.479 e. The molecule has 0 aliphatic heterocycles. The molecule has 8 nitrogen and oxygen atoms in total. The molecule has 0 spiro atoms. The third-order valence-electron chi connectivity index (χ3n) is 3.35. The minimum Gasteiger partial charge on any atom is -0.479 e. The summed E-state index contributed by atoms with van der Waals surface area (Å²) < 4.78 is 27.1. The number of sulfonamides is 1. The van der Waals surface area contributed by atoms with Crippen molar-refractivity contribution in [2.45, 2.75) is 29.9 Å². The maximum Gasteiger partial charge on any atom is 0.337 e. The first-order valence-corrected chi connectivity index (χ1v) is 10.3. The third kappa shape index (κ3) is 6.65. The lowest BCUT2D eigenvalue weighted by atomic mass is 10.1. The van der Waals surface area contributed by atoms with E-state index in [0.717, 1.165) is 6.92 Å². The van der Waals surface area contributed by atoms with Crippen LogP contribution in [0.25, 0.3) is 0 Å². The van der Waals surface area contributed by atoms with Gasteiger partial charge in [0, 0.05) is 0 Å². The van der Waals surface area contributed by atoms with Gasteiger partial charge in [-0.3, -0.25) is 4.79 Å². The number of thioether (sulfide) groups is 1. The van der Waals surface area contributed by atoms with E-state index in [1.54, 1.807) is 18.2 Å². The van der Waals surface area contributed by atoms with Crippen LogP contribution in [0.2, 0.25) is 0 Å². The lowest BCUT2D eigenvalue weighted by Crippen LogP contribution is -2.52. The van der Waals surface area contributed by atoms with Crippen LogP contribution < -0.4 is 10.0 Å². The summed E-state index contributed by atoms with van der Waals surface area (Å²) >= 11 is 1.44. The molecule has 0 saturated carbocycles. The van der Waals surface area contributed by atoms with Gasteiger partial charge in [0.25, 0.3) is 0 Å².